The van der Waals surface area contributed by atoms with E-state index in [2.05, 4.69) is 10.6 Å². The van der Waals surface area contributed by atoms with E-state index in [1.165, 1.54) is 18.2 Å². The van der Waals surface area contributed by atoms with E-state index in [0.717, 1.165) is 36.4 Å². The molecule has 0 spiro atoms. The van der Waals surface area contributed by atoms with Crippen molar-refractivity contribution < 1.29 is 66.9 Å². The largest absolute Gasteiger partial charge is 0.547 e. The Kier molecular flexibility index (Phi) is 9.57. The van der Waals surface area contributed by atoms with Gasteiger partial charge in [0.25, 0.3) is 10.0 Å². The van der Waals surface area contributed by atoms with E-state index in [4.69, 9.17) is 16.3 Å². The van der Waals surface area contributed by atoms with Crippen molar-refractivity contribution in [3.05, 3.63) is 76.3 Å². The van der Waals surface area contributed by atoms with E-state index in [0.29, 0.717) is 10.5 Å². The van der Waals surface area contributed by atoms with Crippen LogP contribution >= 0.6 is 19.2 Å². The van der Waals surface area contributed by atoms with Gasteiger partial charge in [-0.3, -0.25) is 9.36 Å². The zero-order valence-electron chi connectivity index (χ0n) is 24.6. The molecule has 0 bridgehead atoms. The van der Waals surface area contributed by atoms with Crippen LogP contribution in [0.3, 0.4) is 0 Å². The highest BCUT2D eigenvalue weighted by atomic mass is 35.5. The first-order valence-electron chi connectivity index (χ1n) is 13.9. The topological polar surface area (TPSA) is 281 Å². The number of urea groups is 2. The first-order chi connectivity index (χ1) is 22.9. The molecule has 18 nitrogen and oxygen atoms in total. The van der Waals surface area contributed by atoms with E-state index in [9.17, 15) is 62.3 Å². The average Bonchev–Trinajstić information content (AvgIpc) is 3.44. The van der Waals surface area contributed by atoms with Crippen LogP contribution in [0, 0.1) is 0 Å². The third kappa shape index (κ3) is 6.87. The molecule has 0 saturated carbocycles. The van der Waals surface area contributed by atoms with Gasteiger partial charge in [-0.25, -0.2) is 32.0 Å². The highest BCUT2D eigenvalue weighted by molar-refractivity contribution is 7.89. The van der Waals surface area contributed by atoms with Crippen LogP contribution < -0.4 is 20.6 Å². The number of aromatic carboxylic acids is 1. The summed E-state index contributed by atoms with van der Waals surface area (Å²) in [5.41, 5.74) is 0.0471. The third-order valence-electron chi connectivity index (χ3n) is 7.61. The first-order valence-corrected chi connectivity index (χ1v) is 17.4. The number of carbonyl (C=O) groups is 4. The molecule has 49 heavy (non-hydrogen) atoms. The van der Waals surface area contributed by atoms with Crippen LogP contribution in [0.4, 0.5) is 9.59 Å². The monoisotopic (exact) mass is 738 g/mol. The standard InChI is InChI=1S/C27H25BClN4O14PS/c29-20-18(9-8-17(34)22(20)35)49(45,46)33-11-10-32(27(33)40)26(39)31-21(13-4-6-15(7-5-13)48(42,43)44)24(36)30-19-12-14-2-1-3-16(25(37)38)23(14)47-28(19)41/h1-9,19,21,34-35,41H,10-12H2,(H,30,36)(H,31,39)(H,37,38)(H2,42,43,44)/t19-,21+/m0/s1. The number of phenolic OH excluding ortho intramolecular Hbond substituents is 2. The number of hydrogen-bond acceptors (Lipinski definition) is 11. The number of imide groups is 1. The molecule has 3 aromatic carbocycles. The Morgan fingerprint density at radius 2 is 1.71 bits per heavy atom. The molecule has 2 aliphatic heterocycles. The zero-order valence-corrected chi connectivity index (χ0v) is 27.1. The maximum absolute atomic E-state index is 13.7. The lowest BCUT2D eigenvalue weighted by Gasteiger charge is -2.30. The maximum Gasteiger partial charge on any atom is 0.547 e. The summed E-state index contributed by atoms with van der Waals surface area (Å²) < 4.78 is 43.8. The van der Waals surface area contributed by atoms with Crippen LogP contribution in [-0.4, -0.2) is 97.8 Å². The molecule has 0 aromatic heterocycles. The third-order valence-corrected chi connectivity index (χ3v) is 10.9. The van der Waals surface area contributed by atoms with Crippen molar-refractivity contribution in [1.82, 2.24) is 19.8 Å². The molecule has 2 atom stereocenters. The Bertz CT molecular complexity index is 2030. The van der Waals surface area contributed by atoms with Crippen molar-refractivity contribution in [2.24, 2.45) is 0 Å². The van der Waals surface area contributed by atoms with Crippen LogP contribution in [-0.2, 0) is 25.8 Å². The van der Waals surface area contributed by atoms with E-state index >= 15 is 0 Å². The molecule has 2 heterocycles. The van der Waals surface area contributed by atoms with Gasteiger partial charge >= 0.3 is 32.7 Å². The maximum atomic E-state index is 13.7. The molecule has 8 N–H and O–H groups in total. The fourth-order valence-corrected chi connectivity index (χ4v) is 7.54. The molecular weight excluding hydrogens is 714 g/mol. The predicted octanol–water partition coefficient (Wildman–Crippen LogP) is 0.269. The summed E-state index contributed by atoms with van der Waals surface area (Å²) >= 11 is 5.89. The molecule has 1 saturated heterocycles. The predicted molar refractivity (Wildman–Crippen MR) is 168 cm³/mol. The summed E-state index contributed by atoms with van der Waals surface area (Å²) in [6.45, 7) is -1.07. The SMILES string of the molecule is O=C(O)c1cccc2c1OB(O)[C@@H](NC(=O)[C@H](NC(=O)N1CCN(S(=O)(=O)c3ccc(O)c(O)c3Cl)C1=O)c1ccc(P(=O)(O)O)cc1)C2. The van der Waals surface area contributed by atoms with Crippen molar-refractivity contribution in [3.63, 3.8) is 0 Å². The van der Waals surface area contributed by atoms with E-state index < -0.39 is 100 Å². The number of nitrogens with one attached hydrogen (secondary N) is 2. The van der Waals surface area contributed by atoms with Gasteiger partial charge in [0.15, 0.2) is 11.5 Å². The van der Waals surface area contributed by atoms with Gasteiger partial charge < -0.3 is 45.4 Å². The van der Waals surface area contributed by atoms with Crippen molar-refractivity contribution in [2.75, 3.05) is 13.1 Å². The summed E-state index contributed by atoms with van der Waals surface area (Å²) in [6, 6.07) is 5.76. The Morgan fingerprint density at radius 1 is 1.04 bits per heavy atom. The number of fused-ring (bicyclic) bond motifs is 1. The van der Waals surface area contributed by atoms with Gasteiger partial charge in [0, 0.05) is 0 Å². The minimum absolute atomic E-state index is 0.0506. The highest BCUT2D eigenvalue weighted by Gasteiger charge is 2.44. The van der Waals surface area contributed by atoms with E-state index in [1.54, 1.807) is 0 Å². The lowest BCUT2D eigenvalue weighted by atomic mass is 9.72. The van der Waals surface area contributed by atoms with Crippen molar-refractivity contribution >= 4 is 65.6 Å². The number of nitrogens with zero attached hydrogens (tertiary/aromatic N) is 2. The molecule has 22 heteroatoms. The summed E-state index contributed by atoms with van der Waals surface area (Å²) in [4.78, 5) is 70.6. The van der Waals surface area contributed by atoms with E-state index in [-0.39, 0.29) is 27.6 Å². The molecule has 2 aliphatic rings. The second kappa shape index (κ2) is 13.2. The number of aromatic hydroxyl groups is 2. The number of halogens is 1. The second-order valence-electron chi connectivity index (χ2n) is 10.7. The number of sulfonamides is 1. The average molecular weight is 739 g/mol. The highest BCUT2D eigenvalue weighted by Crippen LogP contribution is 2.39. The fraction of sp³-hybridized carbons (Fsp3) is 0.185. The molecule has 5 rings (SSSR count). The molecule has 0 aliphatic carbocycles. The number of carbonyl (C=O) groups excluding carboxylic acids is 3. The van der Waals surface area contributed by atoms with Gasteiger partial charge in [0.05, 0.1) is 29.9 Å². The Hall–Kier alpha value is -4.85. The van der Waals surface area contributed by atoms with Crippen molar-refractivity contribution in [3.8, 4) is 17.2 Å². The summed E-state index contributed by atoms with van der Waals surface area (Å²) in [7, 11) is -11.2. The number of para-hydroxylation sites is 1. The summed E-state index contributed by atoms with van der Waals surface area (Å²) in [5, 5.41) is 43.1. The van der Waals surface area contributed by atoms with Gasteiger partial charge in [-0.2, -0.15) is 0 Å². The van der Waals surface area contributed by atoms with Gasteiger partial charge in [-0.15, -0.1) is 0 Å². The molecule has 3 aromatic rings. The minimum atomic E-state index is -4.77. The first kappa shape index (κ1) is 35.5. The van der Waals surface area contributed by atoms with Crippen molar-refractivity contribution in [2.45, 2.75) is 23.3 Å². The zero-order chi connectivity index (χ0) is 36.0. The van der Waals surface area contributed by atoms with Gasteiger partial charge in [-0.05, 0) is 47.9 Å². The summed E-state index contributed by atoms with van der Waals surface area (Å²) in [5.74, 6) is -5.31. The number of phenols is 2. The quantitative estimate of drug-likeness (QED) is 0.0875. The lowest BCUT2D eigenvalue weighted by Crippen LogP contribution is -2.56. The van der Waals surface area contributed by atoms with Crippen LogP contribution in [0.1, 0.15) is 27.5 Å². The Morgan fingerprint density at radius 3 is 2.35 bits per heavy atom. The molecular formula is C27H25BClN4O14PS. The van der Waals surface area contributed by atoms with Gasteiger partial charge in [0.2, 0.25) is 5.91 Å². The fourth-order valence-electron chi connectivity index (χ4n) is 5.13. The number of carboxylic acid groups (broad SMARTS) is 1. The van der Waals surface area contributed by atoms with E-state index in [1.807, 2.05) is 0 Å². The van der Waals surface area contributed by atoms with Gasteiger partial charge in [0.1, 0.15) is 21.7 Å². The number of amides is 5. The number of benzene rings is 3. The molecule has 258 valence electrons. The number of carboxylic acids is 1. The lowest BCUT2D eigenvalue weighted by molar-refractivity contribution is -0.123. The molecule has 5 amide bonds. The molecule has 0 radical (unpaired) electrons. The van der Waals surface area contributed by atoms with Crippen LogP contribution in [0.15, 0.2) is 59.5 Å². The Balaban J connectivity index is 1.40. The number of rotatable bonds is 8. The summed E-state index contributed by atoms with van der Waals surface area (Å²) in [6.07, 6.45) is -0.117. The number of hydrogen-bond donors (Lipinski definition) is 8. The van der Waals surface area contributed by atoms with Crippen LogP contribution in [0.5, 0.6) is 17.2 Å². The second-order valence-corrected chi connectivity index (χ2v) is 14.5. The minimum Gasteiger partial charge on any atom is -0.534 e. The molecule has 0 unspecified atom stereocenters. The van der Waals surface area contributed by atoms with Gasteiger partial charge in [-0.1, -0.05) is 35.9 Å². The smallest absolute Gasteiger partial charge is 0.534 e. The van der Waals surface area contributed by atoms with Crippen molar-refractivity contribution in [1.29, 1.82) is 0 Å². The van der Waals surface area contributed by atoms with Crippen LogP contribution in [0.25, 0.3) is 0 Å². The normalized spacial score (nSPS) is 16.9. The Labute approximate surface area is 281 Å². The van der Waals surface area contributed by atoms with Crippen LogP contribution in [0.2, 0.25) is 5.02 Å². The molecule has 1 fully saturated rings.